The molecule has 216 valence electrons. The summed E-state index contributed by atoms with van der Waals surface area (Å²) in [6.07, 6.45) is 2.56. The molecule has 42 heavy (non-hydrogen) atoms. The number of H-pyrrole nitrogens is 1. The maximum Gasteiger partial charge on any atom is 0.353 e. The van der Waals surface area contributed by atoms with Gasteiger partial charge in [0.05, 0.1) is 11.5 Å². The Morgan fingerprint density at radius 1 is 1.21 bits per heavy atom. The number of nitrogens with zero attached hydrogens (tertiary/aromatic N) is 5. The number of aliphatic carboxylic acids is 1. The molecule has 3 atom stereocenters. The van der Waals surface area contributed by atoms with Crippen LogP contribution in [0.4, 0.5) is 0 Å². The molecule has 2 aromatic heterocycles. The molecule has 5 rings (SSSR count). The van der Waals surface area contributed by atoms with E-state index in [1.807, 2.05) is 0 Å². The number of carbonyl (C=O) groups is 4. The molecule has 0 radical (unpaired) electrons. The monoisotopic (exact) mass is 610 g/mol. The van der Waals surface area contributed by atoms with E-state index < -0.39 is 46.6 Å². The number of pyridine rings is 1. The van der Waals surface area contributed by atoms with Gasteiger partial charge in [-0.2, -0.15) is 0 Å². The maximum absolute atomic E-state index is 13.5. The zero-order chi connectivity index (χ0) is 30.1. The van der Waals surface area contributed by atoms with E-state index >= 15 is 0 Å². The number of aliphatic hydroxyl groups is 1. The number of fused-ring (bicyclic) bond motifs is 1. The predicted molar refractivity (Wildman–Crippen MR) is 150 cm³/mol. The van der Waals surface area contributed by atoms with E-state index in [1.54, 1.807) is 19.2 Å². The van der Waals surface area contributed by atoms with Crippen molar-refractivity contribution in [3.05, 3.63) is 86.7 Å². The quantitative estimate of drug-likeness (QED) is 0.112. The van der Waals surface area contributed by atoms with E-state index in [2.05, 4.69) is 31.1 Å². The average molecular weight is 611 g/mol. The van der Waals surface area contributed by atoms with Crippen LogP contribution in [0.1, 0.15) is 33.4 Å². The lowest BCUT2D eigenvalue weighted by atomic mass is 9.99. The van der Waals surface area contributed by atoms with Crippen molar-refractivity contribution in [2.45, 2.75) is 24.1 Å². The van der Waals surface area contributed by atoms with Crippen LogP contribution < -0.4 is 16.1 Å². The van der Waals surface area contributed by atoms with Gasteiger partial charge in [-0.05, 0) is 21.6 Å². The lowest BCUT2D eigenvalue weighted by molar-refractivity contribution is -0.150. The van der Waals surface area contributed by atoms with Gasteiger partial charge in [0.1, 0.15) is 28.7 Å². The SMILES string of the molecule is Cn1nnnc1C(=S)C1=C(C(=O)O)N2C(=O)C(NC(=O)C(NC(=O)c3c[nH]ccc3=O)c3ccc(CO)cc3)[C@@H]2SC1. The number of benzene rings is 1. The number of thioether (sulfide) groups is 1. The number of rotatable bonds is 9. The number of carbonyl (C=O) groups excluding carboxylic acids is 3. The number of tetrazole rings is 1. The fourth-order valence-electron chi connectivity index (χ4n) is 4.50. The molecule has 1 saturated heterocycles. The molecular formula is C25H22N8O7S2. The summed E-state index contributed by atoms with van der Waals surface area (Å²) in [5.41, 5.74) is -0.0450. The zero-order valence-corrected chi connectivity index (χ0v) is 23.3. The van der Waals surface area contributed by atoms with E-state index in [9.17, 15) is 34.2 Å². The first kappa shape index (κ1) is 28.8. The molecule has 1 fully saturated rings. The Bertz CT molecular complexity index is 1700. The number of aliphatic hydroxyl groups excluding tert-OH is 1. The number of carboxylic acid groups (broad SMARTS) is 1. The minimum atomic E-state index is -1.38. The molecule has 2 aliphatic rings. The third kappa shape index (κ3) is 5.19. The Balaban J connectivity index is 1.40. The summed E-state index contributed by atoms with van der Waals surface area (Å²) in [5, 5.41) is 34.8. The number of nitrogens with one attached hydrogen (secondary N) is 3. The molecule has 2 aliphatic heterocycles. The molecule has 17 heteroatoms. The predicted octanol–water partition coefficient (Wildman–Crippen LogP) is -0.981. The largest absolute Gasteiger partial charge is 0.477 e. The summed E-state index contributed by atoms with van der Waals surface area (Å²) in [4.78, 5) is 68.0. The lowest BCUT2D eigenvalue weighted by Gasteiger charge is -2.49. The van der Waals surface area contributed by atoms with Gasteiger partial charge in [0, 0.05) is 36.8 Å². The van der Waals surface area contributed by atoms with E-state index in [0.717, 1.165) is 11.0 Å². The van der Waals surface area contributed by atoms with E-state index in [-0.39, 0.29) is 39.9 Å². The molecule has 3 amide bonds. The highest BCUT2D eigenvalue weighted by Gasteiger charge is 2.55. The number of amides is 3. The molecule has 4 heterocycles. The van der Waals surface area contributed by atoms with E-state index in [4.69, 9.17) is 12.2 Å². The van der Waals surface area contributed by atoms with Crippen LogP contribution >= 0.6 is 24.0 Å². The summed E-state index contributed by atoms with van der Waals surface area (Å²) < 4.78 is 1.29. The summed E-state index contributed by atoms with van der Waals surface area (Å²) in [5.74, 6) is -3.39. The molecule has 5 N–H and O–H groups in total. The smallest absolute Gasteiger partial charge is 0.353 e. The standard InChI is InChI=1S/C25H22N8O7S2/c1-32-20(29-30-31-32)19(41)14-10-42-24-17(23(38)33(24)18(14)25(39)40)28-22(37)16(12-4-2-11(9-34)3-5-12)27-21(36)13-8-26-7-6-15(13)35/h2-8,16-17,24,34H,9-10H2,1H3,(H,26,35)(H,27,36)(H,28,37)(H,39,40)/t16?,17?,24-/m0/s1. The van der Waals surface area contributed by atoms with E-state index in [0.29, 0.717) is 11.1 Å². The van der Waals surface area contributed by atoms with Gasteiger partial charge in [-0.25, -0.2) is 9.48 Å². The number of carboxylic acids is 1. The molecule has 0 spiro atoms. The van der Waals surface area contributed by atoms with Crippen LogP contribution in [-0.4, -0.2) is 86.0 Å². The van der Waals surface area contributed by atoms with E-state index in [1.165, 1.54) is 41.0 Å². The van der Waals surface area contributed by atoms with Gasteiger partial charge in [-0.15, -0.1) is 16.9 Å². The normalized spacial score (nSPS) is 18.5. The number of thiocarbonyl (C=S) groups is 1. The fraction of sp³-hybridized carbons (Fsp3) is 0.240. The topological polar surface area (TPSA) is 212 Å². The molecular weight excluding hydrogens is 588 g/mol. The summed E-state index contributed by atoms with van der Waals surface area (Å²) >= 11 is 6.64. The van der Waals surface area contributed by atoms with Gasteiger partial charge in [-0.3, -0.25) is 24.1 Å². The number of hydrogen-bond acceptors (Lipinski definition) is 11. The number of aryl methyl sites for hydroxylation is 1. The van der Waals surface area contributed by atoms with Gasteiger partial charge in [0.2, 0.25) is 5.91 Å². The highest BCUT2D eigenvalue weighted by atomic mass is 32.2. The summed E-state index contributed by atoms with van der Waals surface area (Å²) in [6, 6.07) is 4.89. The van der Waals surface area contributed by atoms with Crippen molar-refractivity contribution in [2.75, 3.05) is 5.75 Å². The second kappa shape index (κ2) is 11.6. The Kier molecular flexibility index (Phi) is 7.97. The highest BCUT2D eigenvalue weighted by molar-refractivity contribution is 8.00. The molecule has 3 aromatic rings. The second-order valence-electron chi connectivity index (χ2n) is 9.21. The van der Waals surface area contributed by atoms with Crippen molar-refractivity contribution >= 4 is 52.5 Å². The highest BCUT2D eigenvalue weighted by Crippen LogP contribution is 2.41. The first-order valence-corrected chi connectivity index (χ1v) is 13.7. The average Bonchev–Trinajstić information content (AvgIpc) is 3.43. The van der Waals surface area contributed by atoms with Crippen LogP contribution in [-0.2, 0) is 28.0 Å². The summed E-state index contributed by atoms with van der Waals surface area (Å²) in [6.45, 7) is -0.244. The lowest BCUT2D eigenvalue weighted by Crippen LogP contribution is -2.71. The van der Waals surface area contributed by atoms with Crippen molar-refractivity contribution in [1.29, 1.82) is 0 Å². The van der Waals surface area contributed by atoms with Crippen molar-refractivity contribution < 1.29 is 29.4 Å². The Morgan fingerprint density at radius 3 is 2.57 bits per heavy atom. The van der Waals surface area contributed by atoms with Crippen LogP contribution in [0.5, 0.6) is 0 Å². The van der Waals surface area contributed by atoms with Crippen molar-refractivity contribution in [1.82, 2.24) is 40.7 Å². The zero-order valence-electron chi connectivity index (χ0n) is 21.7. The summed E-state index contributed by atoms with van der Waals surface area (Å²) in [7, 11) is 1.54. The van der Waals surface area contributed by atoms with Gasteiger partial charge in [-0.1, -0.05) is 36.5 Å². The van der Waals surface area contributed by atoms with Crippen molar-refractivity contribution in [3.8, 4) is 0 Å². The third-order valence-corrected chi connectivity index (χ3v) is 8.38. The van der Waals surface area contributed by atoms with Gasteiger partial charge in [0.25, 0.3) is 11.8 Å². The van der Waals surface area contributed by atoms with Gasteiger partial charge < -0.3 is 25.8 Å². The first-order chi connectivity index (χ1) is 20.1. The molecule has 0 bridgehead atoms. The fourth-order valence-corrected chi connectivity index (χ4v) is 6.29. The Hall–Kier alpha value is -4.74. The van der Waals surface area contributed by atoms with Crippen LogP contribution in [0.25, 0.3) is 0 Å². The molecule has 2 unspecified atom stereocenters. The molecule has 15 nitrogen and oxygen atoms in total. The van der Waals surface area contributed by atoms with Crippen LogP contribution in [0.3, 0.4) is 0 Å². The third-order valence-electron chi connectivity index (χ3n) is 6.67. The van der Waals surface area contributed by atoms with Crippen molar-refractivity contribution in [3.63, 3.8) is 0 Å². The van der Waals surface area contributed by atoms with Gasteiger partial charge in [0.15, 0.2) is 11.3 Å². The maximum atomic E-state index is 13.5. The van der Waals surface area contributed by atoms with Crippen LogP contribution in [0.15, 0.2) is 58.8 Å². The number of β-lactam (4-membered cyclic amide) rings is 1. The van der Waals surface area contributed by atoms with Crippen molar-refractivity contribution in [2.24, 2.45) is 7.05 Å². The first-order valence-electron chi connectivity index (χ1n) is 12.3. The van der Waals surface area contributed by atoms with Crippen LogP contribution in [0.2, 0.25) is 0 Å². The number of aromatic nitrogens is 5. The Labute approximate surface area is 246 Å². The number of aromatic amines is 1. The molecule has 0 saturated carbocycles. The minimum Gasteiger partial charge on any atom is -0.477 e. The molecule has 0 aliphatic carbocycles. The number of hydrogen-bond donors (Lipinski definition) is 5. The Morgan fingerprint density at radius 2 is 1.95 bits per heavy atom. The van der Waals surface area contributed by atoms with Crippen LogP contribution in [0, 0.1) is 0 Å². The second-order valence-corrected chi connectivity index (χ2v) is 10.7. The molecule has 1 aromatic carbocycles. The van der Waals surface area contributed by atoms with Gasteiger partial charge >= 0.3 is 5.97 Å². The minimum absolute atomic E-state index is 0.0798.